The molecule has 1 aliphatic rings. The average Bonchev–Trinajstić information content (AvgIpc) is 2.68. The summed E-state index contributed by atoms with van der Waals surface area (Å²) in [4.78, 5) is 8.58. The van der Waals surface area contributed by atoms with Crippen molar-refractivity contribution in [1.82, 2.24) is 9.97 Å². The van der Waals surface area contributed by atoms with Gasteiger partial charge in [0.05, 0.1) is 23.9 Å². The van der Waals surface area contributed by atoms with Crippen LogP contribution < -0.4 is 4.74 Å². The molecule has 4 rings (SSSR count). The highest BCUT2D eigenvalue weighted by molar-refractivity contribution is 5.60. The second kappa shape index (κ2) is 6.11. The Morgan fingerprint density at radius 3 is 2.71 bits per heavy atom. The van der Waals surface area contributed by atoms with Crippen molar-refractivity contribution in [3.63, 3.8) is 0 Å². The number of benzene rings is 2. The number of para-hydroxylation sites is 1. The fraction of sp³-hybridized carbons (Fsp3) is 0.105. The van der Waals surface area contributed by atoms with Crippen LogP contribution in [0, 0.1) is 11.3 Å². The number of hydrogen-bond acceptors (Lipinski definition) is 5. The van der Waals surface area contributed by atoms with Crippen molar-refractivity contribution in [3.05, 3.63) is 77.7 Å². The van der Waals surface area contributed by atoms with E-state index in [0.29, 0.717) is 17.9 Å². The Labute approximate surface area is 139 Å². The van der Waals surface area contributed by atoms with Gasteiger partial charge in [-0.3, -0.25) is 0 Å². The SMILES string of the molecule is N#Cc1ccc(-c2cc(C3OCc4ccccc4O3)ncn2)cc1. The maximum atomic E-state index is 8.88. The van der Waals surface area contributed by atoms with Crippen molar-refractivity contribution in [1.29, 1.82) is 5.26 Å². The molecule has 1 aliphatic heterocycles. The first-order valence-corrected chi connectivity index (χ1v) is 7.52. The molecule has 3 aromatic rings. The Morgan fingerprint density at radius 2 is 1.88 bits per heavy atom. The third kappa shape index (κ3) is 2.71. The lowest BCUT2D eigenvalue weighted by molar-refractivity contribution is -0.114. The molecule has 1 aromatic heterocycles. The van der Waals surface area contributed by atoms with Crippen LogP contribution in [-0.2, 0) is 11.3 Å². The minimum Gasteiger partial charge on any atom is -0.459 e. The molecule has 0 spiro atoms. The van der Waals surface area contributed by atoms with Crippen molar-refractivity contribution in [3.8, 4) is 23.1 Å². The van der Waals surface area contributed by atoms with Crippen LogP contribution in [0.3, 0.4) is 0 Å². The molecule has 116 valence electrons. The van der Waals surface area contributed by atoms with Crippen LogP contribution >= 0.6 is 0 Å². The first-order valence-electron chi connectivity index (χ1n) is 7.52. The summed E-state index contributed by atoms with van der Waals surface area (Å²) in [5, 5.41) is 8.88. The highest BCUT2D eigenvalue weighted by Crippen LogP contribution is 2.32. The Kier molecular flexibility index (Phi) is 3.66. The van der Waals surface area contributed by atoms with E-state index in [0.717, 1.165) is 22.6 Å². The second-order valence-electron chi connectivity index (χ2n) is 5.39. The Morgan fingerprint density at radius 1 is 1.04 bits per heavy atom. The molecule has 0 N–H and O–H groups in total. The molecule has 0 fully saturated rings. The maximum absolute atomic E-state index is 8.88. The lowest BCUT2D eigenvalue weighted by atomic mass is 10.1. The predicted octanol–water partition coefficient (Wildman–Crippen LogP) is 3.62. The quantitative estimate of drug-likeness (QED) is 0.722. The van der Waals surface area contributed by atoms with Crippen LogP contribution in [-0.4, -0.2) is 9.97 Å². The van der Waals surface area contributed by atoms with Crippen molar-refractivity contribution < 1.29 is 9.47 Å². The molecule has 24 heavy (non-hydrogen) atoms. The van der Waals surface area contributed by atoms with Gasteiger partial charge in [0.2, 0.25) is 6.29 Å². The first-order chi connectivity index (χ1) is 11.8. The van der Waals surface area contributed by atoms with Crippen molar-refractivity contribution in [2.75, 3.05) is 0 Å². The predicted molar refractivity (Wildman–Crippen MR) is 86.8 cm³/mol. The Hall–Kier alpha value is -3.23. The van der Waals surface area contributed by atoms with Crippen LogP contribution in [0.25, 0.3) is 11.3 Å². The monoisotopic (exact) mass is 315 g/mol. The lowest BCUT2D eigenvalue weighted by Crippen LogP contribution is -2.19. The third-order valence-electron chi connectivity index (χ3n) is 3.84. The number of hydrogen-bond donors (Lipinski definition) is 0. The molecular weight excluding hydrogens is 302 g/mol. The highest BCUT2D eigenvalue weighted by atomic mass is 16.7. The average molecular weight is 315 g/mol. The summed E-state index contributed by atoms with van der Waals surface area (Å²) < 4.78 is 11.7. The van der Waals surface area contributed by atoms with E-state index in [1.165, 1.54) is 6.33 Å². The molecule has 0 saturated carbocycles. The van der Waals surface area contributed by atoms with Gasteiger partial charge in [0, 0.05) is 11.1 Å². The van der Waals surface area contributed by atoms with E-state index in [-0.39, 0.29) is 0 Å². The molecule has 0 radical (unpaired) electrons. The van der Waals surface area contributed by atoms with Gasteiger partial charge < -0.3 is 9.47 Å². The van der Waals surface area contributed by atoms with Gasteiger partial charge in [-0.15, -0.1) is 0 Å². The van der Waals surface area contributed by atoms with Crippen LogP contribution in [0.2, 0.25) is 0 Å². The van der Waals surface area contributed by atoms with E-state index in [1.54, 1.807) is 12.1 Å². The molecular formula is C19H13N3O2. The van der Waals surface area contributed by atoms with Crippen molar-refractivity contribution >= 4 is 0 Å². The zero-order valence-electron chi connectivity index (χ0n) is 12.7. The molecule has 1 unspecified atom stereocenters. The first kappa shape index (κ1) is 14.4. The van der Waals surface area contributed by atoms with Gasteiger partial charge in [-0.05, 0) is 24.3 Å². The van der Waals surface area contributed by atoms with Gasteiger partial charge in [0.1, 0.15) is 17.8 Å². The van der Waals surface area contributed by atoms with E-state index in [1.807, 2.05) is 42.5 Å². The number of nitrogens with zero attached hydrogens (tertiary/aromatic N) is 3. The Bertz CT molecular complexity index is 916. The lowest BCUT2D eigenvalue weighted by Gasteiger charge is -2.25. The van der Waals surface area contributed by atoms with Gasteiger partial charge in [-0.25, -0.2) is 9.97 Å². The number of aromatic nitrogens is 2. The summed E-state index contributed by atoms with van der Waals surface area (Å²) in [5.74, 6) is 0.812. The number of ether oxygens (including phenoxy) is 2. The molecule has 0 bridgehead atoms. The summed E-state index contributed by atoms with van der Waals surface area (Å²) in [6.07, 6.45) is 0.941. The van der Waals surface area contributed by atoms with E-state index in [4.69, 9.17) is 14.7 Å². The van der Waals surface area contributed by atoms with Gasteiger partial charge in [-0.1, -0.05) is 30.3 Å². The van der Waals surface area contributed by atoms with E-state index >= 15 is 0 Å². The van der Waals surface area contributed by atoms with Crippen LogP contribution in [0.1, 0.15) is 23.1 Å². The minimum atomic E-state index is -0.556. The van der Waals surface area contributed by atoms with E-state index < -0.39 is 6.29 Å². The zero-order chi connectivity index (χ0) is 16.4. The molecule has 5 heteroatoms. The third-order valence-corrected chi connectivity index (χ3v) is 3.84. The highest BCUT2D eigenvalue weighted by Gasteiger charge is 2.23. The van der Waals surface area contributed by atoms with Crippen LogP contribution in [0.4, 0.5) is 0 Å². The molecule has 0 saturated heterocycles. The van der Waals surface area contributed by atoms with Gasteiger partial charge >= 0.3 is 0 Å². The molecule has 1 atom stereocenters. The molecule has 2 heterocycles. The number of nitriles is 1. The zero-order valence-corrected chi connectivity index (χ0v) is 12.7. The largest absolute Gasteiger partial charge is 0.459 e. The van der Waals surface area contributed by atoms with Crippen molar-refractivity contribution in [2.45, 2.75) is 12.9 Å². The maximum Gasteiger partial charge on any atom is 0.244 e. The van der Waals surface area contributed by atoms with Gasteiger partial charge in [0.15, 0.2) is 0 Å². The van der Waals surface area contributed by atoms with E-state index in [9.17, 15) is 0 Å². The fourth-order valence-electron chi connectivity index (χ4n) is 2.57. The summed E-state index contributed by atoms with van der Waals surface area (Å²) in [6, 6.07) is 19.0. The van der Waals surface area contributed by atoms with Gasteiger partial charge in [0.25, 0.3) is 0 Å². The Balaban J connectivity index is 1.62. The molecule has 0 amide bonds. The summed E-state index contributed by atoms with van der Waals surface area (Å²) in [7, 11) is 0. The summed E-state index contributed by atoms with van der Waals surface area (Å²) in [5.41, 5.74) is 3.97. The standard InChI is InChI=1S/C19H13N3O2/c20-10-13-5-7-14(8-6-13)16-9-17(22-12-21-16)19-23-11-15-3-1-2-4-18(15)24-19/h1-9,12,19H,11H2. The number of rotatable bonds is 2. The molecule has 2 aromatic carbocycles. The van der Waals surface area contributed by atoms with E-state index in [2.05, 4.69) is 16.0 Å². The topological polar surface area (TPSA) is 68.0 Å². The smallest absolute Gasteiger partial charge is 0.244 e. The molecule has 0 aliphatic carbocycles. The molecule has 5 nitrogen and oxygen atoms in total. The van der Waals surface area contributed by atoms with Crippen molar-refractivity contribution in [2.24, 2.45) is 0 Å². The fourth-order valence-corrected chi connectivity index (χ4v) is 2.57. The van der Waals surface area contributed by atoms with Crippen LogP contribution in [0.15, 0.2) is 60.9 Å². The summed E-state index contributed by atoms with van der Waals surface area (Å²) in [6.45, 7) is 0.483. The van der Waals surface area contributed by atoms with Crippen LogP contribution in [0.5, 0.6) is 5.75 Å². The van der Waals surface area contributed by atoms with Gasteiger partial charge in [-0.2, -0.15) is 5.26 Å². The second-order valence-corrected chi connectivity index (χ2v) is 5.39. The normalized spacial score (nSPS) is 15.9. The minimum absolute atomic E-state index is 0.483. The summed E-state index contributed by atoms with van der Waals surface area (Å²) >= 11 is 0. The number of fused-ring (bicyclic) bond motifs is 1.